The van der Waals surface area contributed by atoms with Crippen LogP contribution < -0.4 is 15.5 Å². The first-order chi connectivity index (χ1) is 17.3. The average molecular weight is 484 g/mol. The van der Waals surface area contributed by atoms with Crippen LogP contribution in [0.25, 0.3) is 0 Å². The van der Waals surface area contributed by atoms with Crippen molar-refractivity contribution in [2.75, 3.05) is 22.1 Å². The number of benzene rings is 3. The van der Waals surface area contributed by atoms with Crippen LogP contribution in [0, 0.1) is 19.8 Å². The lowest BCUT2D eigenvalue weighted by Crippen LogP contribution is -2.29. The second kappa shape index (κ2) is 10.8. The van der Waals surface area contributed by atoms with E-state index in [0.29, 0.717) is 17.8 Å². The number of nitrogens with one attached hydrogen (secondary N) is 2. The predicted octanol–water partition coefficient (Wildman–Crippen LogP) is 5.67. The molecule has 0 spiro atoms. The van der Waals surface area contributed by atoms with Crippen molar-refractivity contribution in [3.05, 3.63) is 88.5 Å². The molecule has 6 heteroatoms. The van der Waals surface area contributed by atoms with Gasteiger partial charge in [-0.25, -0.2) is 0 Å². The van der Waals surface area contributed by atoms with Crippen molar-refractivity contribution in [3.8, 4) is 0 Å². The Kier molecular flexibility index (Phi) is 7.53. The highest BCUT2D eigenvalue weighted by Gasteiger charge is 2.36. The molecule has 3 aromatic rings. The highest BCUT2D eigenvalue weighted by atomic mass is 16.2. The molecule has 3 amide bonds. The largest absolute Gasteiger partial charge is 0.326 e. The fraction of sp³-hybridized carbons (Fsp3) is 0.300. The molecule has 4 rings (SSSR count). The number of carbonyl (C=O) groups excluding carboxylic acids is 3. The van der Waals surface area contributed by atoms with Crippen molar-refractivity contribution in [1.82, 2.24) is 0 Å². The minimum atomic E-state index is -0.459. The first kappa shape index (κ1) is 25.2. The molecule has 1 aliphatic heterocycles. The molecule has 2 N–H and O–H groups in total. The van der Waals surface area contributed by atoms with Gasteiger partial charge < -0.3 is 15.5 Å². The number of carbonyl (C=O) groups is 3. The van der Waals surface area contributed by atoms with Gasteiger partial charge in [0, 0.05) is 35.6 Å². The van der Waals surface area contributed by atoms with Crippen LogP contribution in [0.1, 0.15) is 52.9 Å². The molecular weight excluding hydrogens is 450 g/mol. The molecule has 0 aromatic heterocycles. The van der Waals surface area contributed by atoms with Gasteiger partial charge in [0.1, 0.15) is 0 Å². The summed E-state index contributed by atoms with van der Waals surface area (Å²) < 4.78 is 0. The number of para-hydroxylation sites is 1. The van der Waals surface area contributed by atoms with Gasteiger partial charge in [0.2, 0.25) is 11.8 Å². The Morgan fingerprint density at radius 3 is 2.28 bits per heavy atom. The molecule has 1 saturated heterocycles. The lowest BCUT2D eigenvalue weighted by atomic mass is 10.0. The zero-order valence-electron chi connectivity index (χ0n) is 21.4. The smallest absolute Gasteiger partial charge is 0.255 e. The first-order valence-electron chi connectivity index (χ1n) is 12.5. The first-order valence-corrected chi connectivity index (χ1v) is 12.5. The van der Waals surface area contributed by atoms with E-state index in [1.54, 1.807) is 29.2 Å². The summed E-state index contributed by atoms with van der Waals surface area (Å²) in [7, 11) is 0. The molecule has 1 fully saturated rings. The summed E-state index contributed by atoms with van der Waals surface area (Å²) in [5.74, 6) is -0.958. The van der Waals surface area contributed by atoms with Gasteiger partial charge in [-0.2, -0.15) is 0 Å². The molecule has 0 bridgehead atoms. The van der Waals surface area contributed by atoms with Crippen LogP contribution in [0.3, 0.4) is 0 Å². The Bertz CT molecular complexity index is 1290. The van der Waals surface area contributed by atoms with Gasteiger partial charge in [0.15, 0.2) is 0 Å². The van der Waals surface area contributed by atoms with E-state index in [2.05, 4.69) is 24.5 Å². The molecule has 0 radical (unpaired) electrons. The van der Waals surface area contributed by atoms with E-state index in [9.17, 15) is 14.4 Å². The predicted molar refractivity (Wildman–Crippen MR) is 145 cm³/mol. The van der Waals surface area contributed by atoms with Crippen molar-refractivity contribution >= 4 is 34.8 Å². The number of hydrogen-bond acceptors (Lipinski definition) is 3. The van der Waals surface area contributed by atoms with Crippen LogP contribution >= 0.6 is 0 Å². The molecule has 3 aromatic carbocycles. The van der Waals surface area contributed by atoms with E-state index < -0.39 is 5.92 Å². The Morgan fingerprint density at radius 1 is 0.917 bits per heavy atom. The van der Waals surface area contributed by atoms with Crippen molar-refractivity contribution < 1.29 is 14.4 Å². The average Bonchev–Trinajstić information content (AvgIpc) is 3.26. The molecule has 0 saturated carbocycles. The summed E-state index contributed by atoms with van der Waals surface area (Å²) in [4.78, 5) is 40.6. The van der Waals surface area contributed by atoms with Crippen molar-refractivity contribution in [1.29, 1.82) is 0 Å². The summed E-state index contributed by atoms with van der Waals surface area (Å²) in [6, 6.07) is 18.8. The van der Waals surface area contributed by atoms with Gasteiger partial charge >= 0.3 is 0 Å². The van der Waals surface area contributed by atoms with E-state index in [4.69, 9.17) is 0 Å². The maximum atomic E-state index is 13.1. The topological polar surface area (TPSA) is 78.5 Å². The third-order valence-corrected chi connectivity index (χ3v) is 6.75. The molecule has 36 heavy (non-hydrogen) atoms. The second-order valence-electron chi connectivity index (χ2n) is 9.38. The number of nitrogens with zero attached hydrogens (tertiary/aromatic N) is 1. The Balaban J connectivity index is 1.46. The summed E-state index contributed by atoms with van der Waals surface area (Å²) >= 11 is 0. The maximum absolute atomic E-state index is 13.1. The third kappa shape index (κ3) is 5.33. The summed E-state index contributed by atoms with van der Waals surface area (Å²) in [5.41, 5.74) is 7.03. The van der Waals surface area contributed by atoms with Crippen LogP contribution in [0.4, 0.5) is 17.1 Å². The molecule has 186 valence electrons. The minimum absolute atomic E-state index is 0.0349. The molecule has 1 heterocycles. The Morgan fingerprint density at radius 2 is 1.61 bits per heavy atom. The second-order valence-corrected chi connectivity index (χ2v) is 9.38. The van der Waals surface area contributed by atoms with E-state index in [1.807, 2.05) is 50.2 Å². The van der Waals surface area contributed by atoms with E-state index >= 15 is 0 Å². The van der Waals surface area contributed by atoms with Crippen LogP contribution in [0.15, 0.2) is 60.7 Å². The molecule has 0 unspecified atom stereocenters. The van der Waals surface area contributed by atoms with Crippen LogP contribution in [-0.4, -0.2) is 24.3 Å². The van der Waals surface area contributed by atoms with Crippen LogP contribution in [0.2, 0.25) is 0 Å². The number of hydrogen-bond donors (Lipinski definition) is 2. The number of anilines is 3. The van der Waals surface area contributed by atoms with Gasteiger partial charge in [-0.3, -0.25) is 14.4 Å². The number of aryl methyl sites for hydroxylation is 4. The fourth-order valence-electron chi connectivity index (χ4n) is 4.79. The van der Waals surface area contributed by atoms with E-state index in [-0.39, 0.29) is 24.1 Å². The van der Waals surface area contributed by atoms with Crippen LogP contribution in [-0.2, 0) is 22.4 Å². The van der Waals surface area contributed by atoms with Gasteiger partial charge in [-0.15, -0.1) is 0 Å². The summed E-state index contributed by atoms with van der Waals surface area (Å²) in [6.07, 6.45) is 1.81. The maximum Gasteiger partial charge on any atom is 0.255 e. The van der Waals surface area contributed by atoms with Crippen LogP contribution in [0.5, 0.6) is 0 Å². The molecule has 0 aliphatic carbocycles. The van der Waals surface area contributed by atoms with Gasteiger partial charge in [0.25, 0.3) is 5.91 Å². The summed E-state index contributed by atoms with van der Waals surface area (Å²) in [5, 5.41) is 5.85. The van der Waals surface area contributed by atoms with E-state index in [0.717, 1.165) is 46.5 Å². The SMILES string of the molecule is CCc1cccc(CC)c1N1C[C@@H](C(=O)Nc2cccc(C(=O)Nc3ccc(C)cc3C)c2)CC1=O. The normalized spacial score (nSPS) is 15.2. The van der Waals surface area contributed by atoms with Gasteiger partial charge in [0.05, 0.1) is 5.92 Å². The zero-order chi connectivity index (χ0) is 25.8. The quantitative estimate of drug-likeness (QED) is 0.454. The zero-order valence-corrected chi connectivity index (χ0v) is 21.4. The number of amides is 3. The van der Waals surface area contributed by atoms with E-state index in [1.165, 1.54) is 0 Å². The summed E-state index contributed by atoms with van der Waals surface area (Å²) in [6.45, 7) is 8.46. The minimum Gasteiger partial charge on any atom is -0.326 e. The third-order valence-electron chi connectivity index (χ3n) is 6.75. The monoisotopic (exact) mass is 483 g/mol. The molecule has 1 atom stereocenters. The highest BCUT2D eigenvalue weighted by molar-refractivity contribution is 6.07. The van der Waals surface area contributed by atoms with Gasteiger partial charge in [-0.05, 0) is 67.6 Å². The molecule has 1 aliphatic rings. The molecule has 6 nitrogen and oxygen atoms in total. The van der Waals surface area contributed by atoms with Gasteiger partial charge in [-0.1, -0.05) is 55.8 Å². The standard InChI is InChI=1S/C30H33N3O3/c1-5-21-9-7-10-22(6-2)28(21)33-18-24(17-27(33)34)30(36)31-25-12-8-11-23(16-25)29(35)32-26-14-13-19(3)15-20(26)4/h7-16,24H,5-6,17-18H2,1-4H3,(H,31,36)(H,32,35)/t24-/m0/s1. The lowest BCUT2D eigenvalue weighted by molar-refractivity contribution is -0.122. The van der Waals surface area contributed by atoms with Crippen molar-refractivity contribution in [2.24, 2.45) is 5.92 Å². The Labute approximate surface area is 212 Å². The fourth-order valence-corrected chi connectivity index (χ4v) is 4.79. The highest BCUT2D eigenvalue weighted by Crippen LogP contribution is 2.33. The van der Waals surface area contributed by atoms with Crippen molar-refractivity contribution in [2.45, 2.75) is 47.0 Å². The number of rotatable bonds is 7. The molecular formula is C30H33N3O3. The Hall–Kier alpha value is -3.93. The van der Waals surface area contributed by atoms with Crippen molar-refractivity contribution in [3.63, 3.8) is 0 Å². The lowest BCUT2D eigenvalue weighted by Gasteiger charge is -2.23.